The summed E-state index contributed by atoms with van der Waals surface area (Å²) in [6, 6.07) is 27.3. The molecular weight excluding hydrogens is 583 g/mol. The Morgan fingerprint density at radius 3 is 1.51 bits per heavy atom. The fraction of sp³-hybridized carbons (Fsp3) is 0.276. The van der Waals surface area contributed by atoms with Crippen molar-refractivity contribution in [2.75, 3.05) is 19.0 Å². The zero-order valence-corrected chi connectivity index (χ0v) is 25.0. The Labute approximate surface area is 245 Å². The minimum absolute atomic E-state index is 0.722. The van der Waals surface area contributed by atoms with E-state index in [2.05, 4.69) is 127 Å². The quantitative estimate of drug-likeness (QED) is 0.144. The number of anilines is 1. The van der Waals surface area contributed by atoms with Crippen LogP contribution in [0.1, 0.15) is 25.5 Å². The number of nitrogens with zero attached hydrogens (tertiary/aromatic N) is 6. The van der Waals surface area contributed by atoms with Crippen LogP contribution in [0.3, 0.4) is 0 Å². The van der Waals surface area contributed by atoms with Gasteiger partial charge in [-0.25, -0.2) is 9.97 Å². The number of benzene rings is 3. The predicted octanol–water partition coefficient (Wildman–Crippen LogP) is 6.71. The molecular formula is C29H34Cl2CuN6O. The molecule has 7 nitrogen and oxygen atoms in total. The first kappa shape index (κ1) is 30.5. The van der Waals surface area contributed by atoms with Gasteiger partial charge in [-0.2, -0.15) is 0 Å². The van der Waals surface area contributed by atoms with Crippen LogP contribution in [0.25, 0.3) is 22.1 Å². The number of imidazole rings is 2. The monoisotopic (exact) mass is 615 g/mol. The molecule has 39 heavy (non-hydrogen) atoms. The summed E-state index contributed by atoms with van der Waals surface area (Å²) < 4.78 is 4.63. The third-order valence-corrected chi connectivity index (χ3v) is 6.10. The van der Waals surface area contributed by atoms with Gasteiger partial charge in [-0.15, -0.1) is 0 Å². The minimum atomic E-state index is 0.722. The van der Waals surface area contributed by atoms with Crippen molar-refractivity contribution in [3.05, 3.63) is 90.5 Å². The van der Waals surface area contributed by atoms with Crippen LogP contribution in [-0.4, -0.2) is 44.5 Å². The summed E-state index contributed by atoms with van der Waals surface area (Å²) >= 11 is 0.757. The van der Waals surface area contributed by atoms with Gasteiger partial charge in [0.15, 0.2) is 0 Å². The van der Waals surface area contributed by atoms with Crippen molar-refractivity contribution in [2.24, 2.45) is 0 Å². The van der Waals surface area contributed by atoms with E-state index < -0.39 is 0 Å². The van der Waals surface area contributed by atoms with Crippen LogP contribution in [-0.2, 0) is 44.1 Å². The molecule has 0 radical (unpaired) electrons. The molecule has 2 heterocycles. The van der Waals surface area contributed by atoms with E-state index in [-0.39, 0.29) is 0 Å². The average Bonchev–Trinajstić information content (AvgIpc) is 3.50. The van der Waals surface area contributed by atoms with Crippen molar-refractivity contribution in [2.45, 2.75) is 40.0 Å². The van der Waals surface area contributed by atoms with E-state index in [0.717, 1.165) is 68.4 Å². The molecule has 0 atom stereocenters. The van der Waals surface area contributed by atoms with Crippen LogP contribution >= 0.6 is 20.2 Å². The number of para-hydroxylation sites is 5. The second-order valence-corrected chi connectivity index (χ2v) is 10.4. The normalized spacial score (nSPS) is 10.5. The van der Waals surface area contributed by atoms with Gasteiger partial charge in [0, 0.05) is 32.9 Å². The van der Waals surface area contributed by atoms with E-state index in [1.54, 1.807) is 14.1 Å². The summed E-state index contributed by atoms with van der Waals surface area (Å²) in [5.74, 6) is 2.15. The number of rotatable bonds is 8. The second kappa shape index (κ2) is 15.5. The third-order valence-electron chi connectivity index (χ3n) is 6.10. The molecule has 0 aliphatic rings. The van der Waals surface area contributed by atoms with E-state index in [9.17, 15) is 4.79 Å². The van der Waals surface area contributed by atoms with Gasteiger partial charge in [0.05, 0.1) is 35.2 Å². The van der Waals surface area contributed by atoms with E-state index in [1.807, 2.05) is 0 Å². The zero-order valence-electron chi connectivity index (χ0n) is 22.6. The van der Waals surface area contributed by atoms with Crippen molar-refractivity contribution in [3.8, 4) is 0 Å². The maximum atomic E-state index is 9.43. The van der Waals surface area contributed by atoms with E-state index in [0.29, 0.717) is 0 Å². The summed E-state index contributed by atoms with van der Waals surface area (Å²) in [5.41, 5.74) is 5.65. The molecule has 0 aliphatic heterocycles. The molecule has 0 spiro atoms. The molecule has 5 aromatic rings. The summed E-state index contributed by atoms with van der Waals surface area (Å²) in [6.45, 7) is 7.60. The van der Waals surface area contributed by atoms with Crippen LogP contribution < -0.4 is 4.90 Å². The Kier molecular flexibility index (Phi) is 12.2. The number of carbonyl (C=O) groups excluding carboxylic acids is 1. The standard InChI is InChI=1S/C26H27N5.C3H7NO.2ClH.Cu/c1-3-30-23-16-10-8-14-21(23)27-25(30)18-29(20-12-6-5-7-13-20)19-26-28-22-15-9-11-17-24(22)31(26)4-2;1-4(2)3-5;;;/h5-17H,3-4,18-19H2,1-2H3;3H,1-2H3;2*1H;/q;;;;+2/p-2. The molecule has 3 aromatic carbocycles. The fourth-order valence-corrected chi connectivity index (χ4v) is 4.42. The molecule has 0 unspecified atom stereocenters. The second-order valence-electron chi connectivity index (χ2n) is 8.83. The van der Waals surface area contributed by atoms with Crippen molar-refractivity contribution >= 4 is 54.4 Å². The van der Waals surface area contributed by atoms with Gasteiger partial charge in [-0.05, 0) is 50.2 Å². The predicted molar refractivity (Wildman–Crippen MR) is 159 cm³/mol. The molecule has 211 valence electrons. The van der Waals surface area contributed by atoms with Gasteiger partial charge in [-0.3, -0.25) is 4.79 Å². The third kappa shape index (κ3) is 7.99. The molecule has 1 amide bonds. The Morgan fingerprint density at radius 1 is 0.744 bits per heavy atom. The van der Waals surface area contributed by atoms with Crippen LogP contribution in [0.5, 0.6) is 0 Å². The number of aromatic nitrogens is 4. The van der Waals surface area contributed by atoms with Gasteiger partial charge in [0.1, 0.15) is 11.6 Å². The first-order valence-electron chi connectivity index (χ1n) is 12.6. The van der Waals surface area contributed by atoms with Crippen LogP contribution in [0.4, 0.5) is 5.69 Å². The van der Waals surface area contributed by atoms with E-state index in [1.165, 1.54) is 21.6 Å². The number of fused-ring (bicyclic) bond motifs is 2. The summed E-state index contributed by atoms with van der Waals surface area (Å²) in [5, 5.41) is 0. The fourth-order valence-electron chi connectivity index (χ4n) is 4.42. The van der Waals surface area contributed by atoms with Crippen molar-refractivity contribution in [3.63, 3.8) is 0 Å². The molecule has 10 heteroatoms. The number of amides is 1. The van der Waals surface area contributed by atoms with Crippen molar-refractivity contribution < 1.29 is 17.9 Å². The van der Waals surface area contributed by atoms with Crippen molar-refractivity contribution in [1.29, 1.82) is 0 Å². The van der Waals surface area contributed by atoms with Crippen molar-refractivity contribution in [1.82, 2.24) is 24.0 Å². The van der Waals surface area contributed by atoms with Gasteiger partial charge >= 0.3 is 33.3 Å². The maximum absolute atomic E-state index is 9.43. The number of aryl methyl sites for hydroxylation is 2. The Morgan fingerprint density at radius 2 is 1.13 bits per heavy atom. The number of carbonyl (C=O) groups is 1. The van der Waals surface area contributed by atoms with Crippen LogP contribution in [0.2, 0.25) is 0 Å². The number of hydrogen-bond acceptors (Lipinski definition) is 4. The Balaban J connectivity index is 0.000000466. The zero-order chi connectivity index (χ0) is 28.2. The van der Waals surface area contributed by atoms with E-state index in [4.69, 9.17) is 9.97 Å². The molecule has 0 saturated carbocycles. The van der Waals surface area contributed by atoms with Gasteiger partial charge in [-0.1, -0.05) is 42.5 Å². The van der Waals surface area contributed by atoms with Crippen LogP contribution in [0, 0.1) is 0 Å². The number of halogens is 2. The average molecular weight is 617 g/mol. The molecule has 0 bridgehead atoms. The molecule has 0 aliphatic carbocycles. The van der Waals surface area contributed by atoms with Gasteiger partial charge in [0.2, 0.25) is 6.41 Å². The summed E-state index contributed by atoms with van der Waals surface area (Å²) in [4.78, 5) is 23.2. The van der Waals surface area contributed by atoms with E-state index >= 15 is 0 Å². The first-order chi connectivity index (χ1) is 19.0. The first-order valence-corrected chi connectivity index (χ1v) is 15.2. The Hall–Kier alpha value is -3.03. The van der Waals surface area contributed by atoms with Gasteiger partial charge < -0.3 is 18.9 Å². The molecule has 0 fully saturated rings. The number of hydrogen-bond donors (Lipinski definition) is 0. The topological polar surface area (TPSA) is 59.2 Å². The van der Waals surface area contributed by atoms with Gasteiger partial charge in [0.25, 0.3) is 0 Å². The molecule has 0 saturated heterocycles. The SMILES string of the molecule is CCn1c(CN(Cc2nc3ccccc3n2CC)c2ccccc2)nc2ccccc21.CN(C)C=O.[Cl][Cu][Cl]. The molecule has 5 rings (SSSR count). The summed E-state index contributed by atoms with van der Waals surface area (Å²) in [7, 11) is 12.7. The van der Waals surface area contributed by atoms with Crippen LogP contribution in [0.15, 0.2) is 78.9 Å². The molecule has 2 aromatic heterocycles. The molecule has 0 N–H and O–H groups in total. The Bertz CT molecular complexity index is 1370. The summed E-state index contributed by atoms with van der Waals surface area (Å²) in [6.07, 6.45) is 0.750.